The summed E-state index contributed by atoms with van der Waals surface area (Å²) in [5.41, 5.74) is 3.71. The van der Waals surface area contributed by atoms with Gasteiger partial charge in [-0.2, -0.15) is 0 Å². The van der Waals surface area contributed by atoms with Crippen LogP contribution >= 0.6 is 0 Å². The molecule has 4 nitrogen and oxygen atoms in total. The van der Waals surface area contributed by atoms with Crippen molar-refractivity contribution in [3.8, 4) is 0 Å². The number of hydrogen-bond acceptors (Lipinski definition) is 2. The fraction of sp³-hybridized carbons (Fsp3) is 0.391. The van der Waals surface area contributed by atoms with Crippen LogP contribution in [0.15, 0.2) is 42.5 Å². The lowest BCUT2D eigenvalue weighted by Crippen LogP contribution is -2.46. The van der Waals surface area contributed by atoms with E-state index in [1.54, 1.807) is 24.0 Å². The van der Waals surface area contributed by atoms with Gasteiger partial charge in [-0.1, -0.05) is 42.0 Å². The maximum absolute atomic E-state index is 13.6. The topological polar surface area (TPSA) is 49.4 Å². The lowest BCUT2D eigenvalue weighted by molar-refractivity contribution is -0.137. The highest BCUT2D eigenvalue weighted by molar-refractivity contribution is 5.81. The van der Waals surface area contributed by atoms with Crippen molar-refractivity contribution < 1.29 is 14.0 Å². The van der Waals surface area contributed by atoms with E-state index in [2.05, 4.69) is 11.4 Å². The Balaban J connectivity index is 1.67. The number of rotatable bonds is 4. The molecular formula is C23H27FN2O2. The van der Waals surface area contributed by atoms with Crippen molar-refractivity contribution in [3.63, 3.8) is 0 Å². The standard InChI is InChI=1S/C23H27FN2O2/c1-15-5-4-6-18(11-15)13-25-23(28)20-8-10-22(26(14-20)17(3)27)19-7-9-21(24)16(2)12-19/h4-7,9,11-12,20,22H,8,10,13-14H2,1-3H3,(H,25,28)/t20-,22+/m1/s1. The molecular weight excluding hydrogens is 355 g/mol. The third-order valence-corrected chi connectivity index (χ3v) is 5.47. The van der Waals surface area contributed by atoms with E-state index < -0.39 is 0 Å². The van der Waals surface area contributed by atoms with Gasteiger partial charge in [0.15, 0.2) is 0 Å². The largest absolute Gasteiger partial charge is 0.352 e. The summed E-state index contributed by atoms with van der Waals surface area (Å²) in [6.07, 6.45) is 1.39. The summed E-state index contributed by atoms with van der Waals surface area (Å²) >= 11 is 0. The third kappa shape index (κ3) is 4.58. The van der Waals surface area contributed by atoms with Gasteiger partial charge < -0.3 is 10.2 Å². The van der Waals surface area contributed by atoms with E-state index in [1.165, 1.54) is 13.0 Å². The smallest absolute Gasteiger partial charge is 0.225 e. The molecule has 0 unspecified atom stereocenters. The highest BCUT2D eigenvalue weighted by Crippen LogP contribution is 2.34. The summed E-state index contributed by atoms with van der Waals surface area (Å²) in [6, 6.07) is 12.9. The first-order valence-electron chi connectivity index (χ1n) is 9.71. The zero-order chi connectivity index (χ0) is 20.3. The van der Waals surface area contributed by atoms with Gasteiger partial charge in [-0.05, 0) is 49.4 Å². The van der Waals surface area contributed by atoms with Gasteiger partial charge in [0.2, 0.25) is 11.8 Å². The van der Waals surface area contributed by atoms with Crippen LogP contribution in [0.25, 0.3) is 0 Å². The quantitative estimate of drug-likeness (QED) is 0.867. The normalized spacial score (nSPS) is 19.4. The lowest BCUT2D eigenvalue weighted by Gasteiger charge is -2.39. The number of carbonyl (C=O) groups excluding carboxylic acids is 2. The average molecular weight is 382 g/mol. The van der Waals surface area contributed by atoms with Crippen molar-refractivity contribution >= 4 is 11.8 Å². The Morgan fingerprint density at radius 1 is 1.14 bits per heavy atom. The zero-order valence-electron chi connectivity index (χ0n) is 16.7. The lowest BCUT2D eigenvalue weighted by atomic mass is 9.88. The molecule has 1 heterocycles. The van der Waals surface area contributed by atoms with Crippen LogP contribution in [-0.2, 0) is 16.1 Å². The first-order valence-corrected chi connectivity index (χ1v) is 9.71. The number of carbonyl (C=O) groups is 2. The molecule has 1 N–H and O–H groups in total. The Kier molecular flexibility index (Phi) is 6.12. The number of likely N-dealkylation sites (tertiary alicyclic amines) is 1. The van der Waals surface area contributed by atoms with Crippen LogP contribution in [-0.4, -0.2) is 23.3 Å². The molecule has 1 aliphatic rings. The number of amides is 2. The molecule has 148 valence electrons. The van der Waals surface area contributed by atoms with Crippen molar-refractivity contribution in [1.82, 2.24) is 10.2 Å². The van der Waals surface area contributed by atoms with Gasteiger partial charge >= 0.3 is 0 Å². The van der Waals surface area contributed by atoms with E-state index >= 15 is 0 Å². The van der Waals surface area contributed by atoms with E-state index in [1.807, 2.05) is 25.1 Å². The number of piperidine rings is 1. The molecule has 1 aliphatic heterocycles. The van der Waals surface area contributed by atoms with Crippen LogP contribution in [0.5, 0.6) is 0 Å². The number of hydrogen-bond donors (Lipinski definition) is 1. The number of halogens is 1. The van der Waals surface area contributed by atoms with Crippen LogP contribution < -0.4 is 5.32 Å². The molecule has 0 bridgehead atoms. The Hall–Kier alpha value is -2.69. The zero-order valence-corrected chi connectivity index (χ0v) is 16.7. The third-order valence-electron chi connectivity index (χ3n) is 5.47. The highest BCUT2D eigenvalue weighted by atomic mass is 19.1. The first kappa shape index (κ1) is 20.1. The van der Waals surface area contributed by atoms with Crippen molar-refractivity contribution in [2.75, 3.05) is 6.54 Å². The second kappa shape index (κ2) is 8.55. The van der Waals surface area contributed by atoms with Gasteiger partial charge in [-0.15, -0.1) is 0 Å². The van der Waals surface area contributed by atoms with Crippen molar-refractivity contribution in [1.29, 1.82) is 0 Å². The van der Waals surface area contributed by atoms with Gasteiger partial charge in [-0.25, -0.2) is 4.39 Å². The van der Waals surface area contributed by atoms with Gasteiger partial charge in [0.1, 0.15) is 5.82 Å². The fourth-order valence-corrected chi connectivity index (χ4v) is 3.91. The molecule has 2 aromatic rings. The molecule has 1 saturated heterocycles. The van der Waals surface area contributed by atoms with Crippen LogP contribution in [0.2, 0.25) is 0 Å². The molecule has 1 fully saturated rings. The Labute approximate surface area is 165 Å². The maximum Gasteiger partial charge on any atom is 0.225 e. The molecule has 28 heavy (non-hydrogen) atoms. The van der Waals surface area contributed by atoms with Gasteiger partial charge in [0, 0.05) is 20.0 Å². The molecule has 0 saturated carbocycles. The summed E-state index contributed by atoms with van der Waals surface area (Å²) in [4.78, 5) is 26.7. The summed E-state index contributed by atoms with van der Waals surface area (Å²) in [5.74, 6) is -0.571. The monoisotopic (exact) mass is 382 g/mol. The minimum Gasteiger partial charge on any atom is -0.352 e. The molecule has 5 heteroatoms. The number of nitrogens with zero attached hydrogens (tertiary/aromatic N) is 1. The molecule has 0 spiro atoms. The van der Waals surface area contributed by atoms with E-state index in [0.29, 0.717) is 31.5 Å². The van der Waals surface area contributed by atoms with Crippen LogP contribution in [0.4, 0.5) is 4.39 Å². The van der Waals surface area contributed by atoms with E-state index in [4.69, 9.17) is 0 Å². The molecule has 3 rings (SSSR count). The summed E-state index contributed by atoms with van der Waals surface area (Å²) in [5, 5.41) is 3.00. The summed E-state index contributed by atoms with van der Waals surface area (Å²) in [7, 11) is 0. The summed E-state index contributed by atoms with van der Waals surface area (Å²) < 4.78 is 13.6. The second-order valence-electron chi connectivity index (χ2n) is 7.68. The molecule has 2 atom stereocenters. The predicted molar refractivity (Wildman–Crippen MR) is 107 cm³/mol. The molecule has 0 aromatic heterocycles. The predicted octanol–water partition coefficient (Wildman–Crippen LogP) is 4.06. The van der Waals surface area contributed by atoms with Crippen LogP contribution in [0, 0.1) is 25.6 Å². The average Bonchev–Trinajstić information content (AvgIpc) is 2.68. The van der Waals surface area contributed by atoms with Crippen molar-refractivity contribution in [2.24, 2.45) is 5.92 Å². The molecule has 0 aliphatic carbocycles. The Morgan fingerprint density at radius 3 is 2.61 bits per heavy atom. The van der Waals surface area contributed by atoms with Crippen molar-refractivity contribution in [2.45, 2.75) is 46.2 Å². The van der Waals surface area contributed by atoms with Gasteiger partial charge in [0.25, 0.3) is 0 Å². The maximum atomic E-state index is 13.6. The Morgan fingerprint density at radius 2 is 1.93 bits per heavy atom. The Bertz CT molecular complexity index is 881. The van der Waals surface area contributed by atoms with Crippen LogP contribution in [0.3, 0.4) is 0 Å². The number of aryl methyl sites for hydroxylation is 2. The minimum absolute atomic E-state index is 0.0264. The first-order chi connectivity index (χ1) is 13.3. The fourth-order valence-electron chi connectivity index (χ4n) is 3.91. The molecule has 2 aromatic carbocycles. The van der Waals surface area contributed by atoms with Crippen molar-refractivity contribution in [3.05, 3.63) is 70.5 Å². The van der Waals surface area contributed by atoms with E-state index in [0.717, 1.165) is 16.7 Å². The molecule has 0 radical (unpaired) electrons. The van der Waals surface area contributed by atoms with E-state index in [9.17, 15) is 14.0 Å². The van der Waals surface area contributed by atoms with Crippen LogP contribution in [0.1, 0.15) is 48.1 Å². The molecule has 2 amide bonds. The highest BCUT2D eigenvalue weighted by Gasteiger charge is 2.34. The van der Waals surface area contributed by atoms with Gasteiger partial charge in [0.05, 0.1) is 12.0 Å². The van der Waals surface area contributed by atoms with Gasteiger partial charge in [-0.3, -0.25) is 9.59 Å². The second-order valence-corrected chi connectivity index (χ2v) is 7.68. The number of nitrogens with one attached hydrogen (secondary N) is 1. The minimum atomic E-state index is -0.248. The number of benzene rings is 2. The SMILES string of the molecule is CC(=O)N1C[C@H](C(=O)NCc2cccc(C)c2)CC[C@H]1c1ccc(F)c(C)c1. The summed E-state index contributed by atoms with van der Waals surface area (Å²) in [6.45, 7) is 6.14. The van der Waals surface area contributed by atoms with E-state index in [-0.39, 0.29) is 29.6 Å².